The maximum Gasteiger partial charge on any atom is 0.319 e. The lowest BCUT2D eigenvalue weighted by molar-refractivity contribution is -0.113. The number of allylic oxidation sites excluding steroid dienone is 1. The Morgan fingerprint density at radius 1 is 1.14 bits per heavy atom. The minimum Gasteiger partial charge on any atom is -0.454 e. The Labute approximate surface area is 162 Å². The molecule has 2 aliphatic rings. The molecule has 0 spiro atoms. The van der Waals surface area contributed by atoms with Crippen LogP contribution in [0.3, 0.4) is 0 Å². The molecule has 3 amide bonds. The Bertz CT molecular complexity index is 966. The Morgan fingerprint density at radius 2 is 1.89 bits per heavy atom. The predicted molar refractivity (Wildman–Crippen MR) is 104 cm³/mol. The van der Waals surface area contributed by atoms with Gasteiger partial charge in [0, 0.05) is 11.4 Å². The average molecular weight is 379 g/mol. The van der Waals surface area contributed by atoms with Gasteiger partial charge >= 0.3 is 6.03 Å². The molecule has 0 bridgehead atoms. The Hall–Kier alpha value is -3.48. The largest absolute Gasteiger partial charge is 0.454 e. The number of aryl methyl sites for hydroxylation is 1. The molecule has 2 heterocycles. The lowest BCUT2D eigenvalue weighted by Gasteiger charge is -2.28. The zero-order valence-electron chi connectivity index (χ0n) is 15.7. The van der Waals surface area contributed by atoms with E-state index < -0.39 is 6.04 Å². The van der Waals surface area contributed by atoms with Crippen molar-refractivity contribution in [2.75, 3.05) is 12.1 Å². The lowest BCUT2D eigenvalue weighted by Crippen LogP contribution is -2.45. The van der Waals surface area contributed by atoms with E-state index in [0.717, 1.165) is 12.0 Å². The highest BCUT2D eigenvalue weighted by Crippen LogP contribution is 2.37. The van der Waals surface area contributed by atoms with Crippen molar-refractivity contribution in [3.63, 3.8) is 0 Å². The van der Waals surface area contributed by atoms with E-state index in [1.54, 1.807) is 19.1 Å². The van der Waals surface area contributed by atoms with Crippen LogP contribution in [0.2, 0.25) is 0 Å². The smallest absolute Gasteiger partial charge is 0.319 e. The maximum atomic E-state index is 13.0. The van der Waals surface area contributed by atoms with Gasteiger partial charge in [-0.05, 0) is 48.7 Å². The normalized spacial score (nSPS) is 17.8. The lowest BCUT2D eigenvalue weighted by atomic mass is 9.94. The van der Waals surface area contributed by atoms with Crippen molar-refractivity contribution >= 4 is 17.6 Å². The summed E-state index contributed by atoms with van der Waals surface area (Å²) in [6, 6.07) is 12.1. The first-order valence-electron chi connectivity index (χ1n) is 9.13. The van der Waals surface area contributed by atoms with Crippen LogP contribution in [0.25, 0.3) is 0 Å². The Balaban J connectivity index is 1.64. The van der Waals surface area contributed by atoms with Crippen molar-refractivity contribution in [2.24, 2.45) is 0 Å². The molecule has 2 aromatic carbocycles. The summed E-state index contributed by atoms with van der Waals surface area (Å²) in [5.74, 6) is 0.960. The van der Waals surface area contributed by atoms with Crippen LogP contribution in [0, 0.1) is 0 Å². The standard InChI is InChI=1S/C21H21N3O4/c1-3-13-4-7-15(8-5-13)23-20(25)18-12(2)22-21(26)24-19(18)14-6-9-16-17(10-14)28-11-27-16/h4-10,19H,3,11H2,1-2H3,(H,23,25)(H2,22,24,26)/t19-/m1/s1. The molecule has 0 aromatic heterocycles. The van der Waals surface area contributed by atoms with E-state index in [1.165, 1.54) is 5.56 Å². The van der Waals surface area contributed by atoms with Gasteiger partial charge in [-0.2, -0.15) is 0 Å². The van der Waals surface area contributed by atoms with Gasteiger partial charge in [-0.25, -0.2) is 4.79 Å². The van der Waals surface area contributed by atoms with E-state index in [0.29, 0.717) is 28.5 Å². The molecule has 28 heavy (non-hydrogen) atoms. The van der Waals surface area contributed by atoms with Gasteiger partial charge in [-0.3, -0.25) is 4.79 Å². The highest BCUT2D eigenvalue weighted by Gasteiger charge is 2.32. The van der Waals surface area contributed by atoms with Crippen molar-refractivity contribution in [1.82, 2.24) is 10.6 Å². The summed E-state index contributed by atoms with van der Waals surface area (Å²) in [5, 5.41) is 8.42. The molecule has 3 N–H and O–H groups in total. The molecule has 7 nitrogen and oxygen atoms in total. The van der Waals surface area contributed by atoms with E-state index in [-0.39, 0.29) is 18.7 Å². The molecule has 7 heteroatoms. The van der Waals surface area contributed by atoms with Crippen molar-refractivity contribution in [3.05, 3.63) is 64.9 Å². The molecule has 2 aromatic rings. The van der Waals surface area contributed by atoms with Gasteiger partial charge < -0.3 is 25.4 Å². The fraction of sp³-hybridized carbons (Fsp3) is 0.238. The molecule has 2 aliphatic heterocycles. The third-order valence-corrected chi connectivity index (χ3v) is 4.86. The van der Waals surface area contributed by atoms with E-state index >= 15 is 0 Å². The van der Waals surface area contributed by atoms with Gasteiger partial charge in [0.15, 0.2) is 11.5 Å². The number of carbonyl (C=O) groups excluding carboxylic acids is 2. The first-order chi connectivity index (χ1) is 13.5. The number of anilines is 1. The Morgan fingerprint density at radius 3 is 2.64 bits per heavy atom. The molecule has 0 fully saturated rings. The zero-order chi connectivity index (χ0) is 19.7. The van der Waals surface area contributed by atoms with E-state index in [2.05, 4.69) is 22.9 Å². The summed E-state index contributed by atoms with van der Waals surface area (Å²) in [6.07, 6.45) is 0.931. The molecule has 0 aliphatic carbocycles. The van der Waals surface area contributed by atoms with Gasteiger partial charge in [0.2, 0.25) is 6.79 Å². The quantitative estimate of drug-likeness (QED) is 0.761. The highest BCUT2D eigenvalue weighted by molar-refractivity contribution is 6.06. The molecular formula is C21H21N3O4. The number of benzene rings is 2. The average Bonchev–Trinajstić information content (AvgIpc) is 3.15. The van der Waals surface area contributed by atoms with Crippen LogP contribution in [0.5, 0.6) is 11.5 Å². The summed E-state index contributed by atoms with van der Waals surface area (Å²) >= 11 is 0. The van der Waals surface area contributed by atoms with Crippen LogP contribution in [0.1, 0.15) is 31.0 Å². The second-order valence-electron chi connectivity index (χ2n) is 6.69. The summed E-state index contributed by atoms with van der Waals surface area (Å²) in [5.41, 5.74) is 3.58. The number of hydrogen-bond donors (Lipinski definition) is 3. The predicted octanol–water partition coefficient (Wildman–Crippen LogP) is 3.24. The van der Waals surface area contributed by atoms with Crippen molar-refractivity contribution < 1.29 is 19.1 Å². The van der Waals surface area contributed by atoms with Crippen LogP contribution in [0.15, 0.2) is 53.7 Å². The molecule has 0 unspecified atom stereocenters. The minimum absolute atomic E-state index is 0.160. The fourth-order valence-corrected chi connectivity index (χ4v) is 3.36. The first kappa shape index (κ1) is 17.9. The van der Waals surface area contributed by atoms with Crippen LogP contribution in [-0.4, -0.2) is 18.7 Å². The monoisotopic (exact) mass is 379 g/mol. The van der Waals surface area contributed by atoms with Gasteiger partial charge in [-0.1, -0.05) is 25.1 Å². The number of ether oxygens (including phenoxy) is 2. The van der Waals surface area contributed by atoms with E-state index in [4.69, 9.17) is 9.47 Å². The van der Waals surface area contributed by atoms with Gasteiger partial charge in [0.25, 0.3) is 5.91 Å². The number of urea groups is 1. The minimum atomic E-state index is -0.599. The second-order valence-corrected chi connectivity index (χ2v) is 6.69. The van der Waals surface area contributed by atoms with Crippen LogP contribution >= 0.6 is 0 Å². The number of amides is 3. The van der Waals surface area contributed by atoms with Crippen molar-refractivity contribution in [1.29, 1.82) is 0 Å². The van der Waals surface area contributed by atoms with Gasteiger partial charge in [0.05, 0.1) is 11.6 Å². The summed E-state index contributed by atoms with van der Waals surface area (Å²) in [6.45, 7) is 3.95. The summed E-state index contributed by atoms with van der Waals surface area (Å²) < 4.78 is 10.8. The molecule has 144 valence electrons. The molecule has 0 radical (unpaired) electrons. The van der Waals surface area contributed by atoms with Gasteiger partial charge in [-0.15, -0.1) is 0 Å². The molecule has 0 saturated carbocycles. The Kier molecular flexibility index (Phi) is 4.65. The topological polar surface area (TPSA) is 88.7 Å². The third kappa shape index (κ3) is 3.38. The SMILES string of the molecule is CCc1ccc(NC(=O)C2=C(C)NC(=O)N[C@@H]2c2ccc3c(c2)OCO3)cc1. The highest BCUT2D eigenvalue weighted by atomic mass is 16.7. The second kappa shape index (κ2) is 7.26. The maximum absolute atomic E-state index is 13.0. The third-order valence-electron chi connectivity index (χ3n) is 4.86. The molecule has 1 atom stereocenters. The number of carbonyl (C=O) groups is 2. The fourth-order valence-electron chi connectivity index (χ4n) is 3.36. The number of fused-ring (bicyclic) bond motifs is 1. The molecule has 0 saturated heterocycles. The van der Waals surface area contributed by atoms with E-state index in [9.17, 15) is 9.59 Å². The van der Waals surface area contributed by atoms with Crippen LogP contribution in [-0.2, 0) is 11.2 Å². The number of nitrogens with one attached hydrogen (secondary N) is 3. The summed E-state index contributed by atoms with van der Waals surface area (Å²) in [4.78, 5) is 25.1. The number of rotatable bonds is 4. The number of hydrogen-bond acceptors (Lipinski definition) is 4. The molecular weight excluding hydrogens is 358 g/mol. The zero-order valence-corrected chi connectivity index (χ0v) is 15.7. The van der Waals surface area contributed by atoms with E-state index in [1.807, 2.05) is 30.3 Å². The molecule has 4 rings (SSSR count). The van der Waals surface area contributed by atoms with Crippen molar-refractivity contribution in [2.45, 2.75) is 26.3 Å². The van der Waals surface area contributed by atoms with Crippen molar-refractivity contribution in [3.8, 4) is 11.5 Å². The summed E-state index contributed by atoms with van der Waals surface area (Å²) in [7, 11) is 0. The first-order valence-corrected chi connectivity index (χ1v) is 9.13. The van der Waals surface area contributed by atoms with Crippen LogP contribution in [0.4, 0.5) is 10.5 Å². The van der Waals surface area contributed by atoms with Crippen LogP contribution < -0.4 is 25.4 Å². The van der Waals surface area contributed by atoms with Gasteiger partial charge in [0.1, 0.15) is 0 Å².